The summed E-state index contributed by atoms with van der Waals surface area (Å²) < 4.78 is 0. The van der Waals surface area contributed by atoms with Gasteiger partial charge >= 0.3 is 0 Å². The van der Waals surface area contributed by atoms with Crippen LogP contribution in [0.1, 0.15) is 31.1 Å². The Bertz CT molecular complexity index is 777. The van der Waals surface area contributed by atoms with E-state index in [0.29, 0.717) is 11.5 Å². The molecular weight excluding hydrogens is 322 g/mol. The fourth-order valence-electron chi connectivity index (χ4n) is 2.03. The van der Waals surface area contributed by atoms with Crippen LogP contribution in [0, 0.1) is 0 Å². The first-order valence-electron chi connectivity index (χ1n) is 7.71. The Kier molecular flexibility index (Phi) is 5.66. The molecule has 1 aromatic carbocycles. The molecule has 8 nitrogen and oxygen atoms in total. The molecule has 2 aromatic rings. The van der Waals surface area contributed by atoms with Crippen molar-refractivity contribution in [2.24, 2.45) is 0 Å². The highest BCUT2D eigenvalue weighted by Gasteiger charge is 2.21. The van der Waals surface area contributed by atoms with Crippen molar-refractivity contribution in [1.29, 1.82) is 0 Å². The molecular formula is C17H21N5O3. The van der Waals surface area contributed by atoms with Gasteiger partial charge in [-0.1, -0.05) is 18.7 Å². The number of hydrogen-bond acceptors (Lipinski definition) is 5. The number of hydrogen-bond donors (Lipinski definition) is 4. The van der Waals surface area contributed by atoms with E-state index in [1.807, 2.05) is 0 Å². The molecule has 8 heteroatoms. The summed E-state index contributed by atoms with van der Waals surface area (Å²) in [6.45, 7) is 6.73. The van der Waals surface area contributed by atoms with E-state index in [4.69, 9.17) is 0 Å². The van der Waals surface area contributed by atoms with E-state index in [2.05, 4.69) is 32.4 Å². The highest BCUT2D eigenvalue weighted by Crippen LogP contribution is 2.14. The van der Waals surface area contributed by atoms with Gasteiger partial charge < -0.3 is 15.7 Å². The number of aromatic amines is 1. The van der Waals surface area contributed by atoms with Crippen molar-refractivity contribution in [2.75, 3.05) is 5.32 Å². The van der Waals surface area contributed by atoms with E-state index in [9.17, 15) is 14.7 Å². The van der Waals surface area contributed by atoms with Gasteiger partial charge in [-0.15, -0.1) is 0 Å². The molecule has 0 bridgehead atoms. The number of aliphatic hydroxyl groups is 1. The SMILES string of the molecule is C=CC(=O)Nc1cccc(CC(=O)NCc2nc(C(C)(C)O)n[nH]2)c1. The van der Waals surface area contributed by atoms with Crippen molar-refractivity contribution in [3.63, 3.8) is 0 Å². The molecule has 0 radical (unpaired) electrons. The van der Waals surface area contributed by atoms with Gasteiger partial charge in [0.2, 0.25) is 11.8 Å². The van der Waals surface area contributed by atoms with Gasteiger partial charge in [-0.25, -0.2) is 4.98 Å². The number of carbonyl (C=O) groups is 2. The van der Waals surface area contributed by atoms with Gasteiger partial charge in [-0.05, 0) is 37.6 Å². The van der Waals surface area contributed by atoms with E-state index < -0.39 is 5.60 Å². The van der Waals surface area contributed by atoms with Gasteiger partial charge in [-0.3, -0.25) is 14.7 Å². The number of aromatic nitrogens is 3. The second-order valence-corrected chi connectivity index (χ2v) is 6.01. The summed E-state index contributed by atoms with van der Waals surface area (Å²) in [6, 6.07) is 7.01. The third kappa shape index (κ3) is 5.54. The Morgan fingerprint density at radius 3 is 2.80 bits per heavy atom. The van der Waals surface area contributed by atoms with Crippen LogP contribution in [0.15, 0.2) is 36.9 Å². The molecule has 132 valence electrons. The number of anilines is 1. The molecule has 4 N–H and O–H groups in total. The van der Waals surface area contributed by atoms with Crippen LogP contribution < -0.4 is 10.6 Å². The molecule has 2 amide bonds. The van der Waals surface area contributed by atoms with Crippen molar-refractivity contribution >= 4 is 17.5 Å². The normalized spacial score (nSPS) is 11.0. The van der Waals surface area contributed by atoms with E-state index in [1.165, 1.54) is 6.08 Å². The number of H-pyrrole nitrogens is 1. The largest absolute Gasteiger partial charge is 0.382 e. The number of benzene rings is 1. The van der Waals surface area contributed by atoms with Crippen LogP contribution in [0.25, 0.3) is 0 Å². The molecule has 0 unspecified atom stereocenters. The molecule has 0 atom stereocenters. The minimum Gasteiger partial charge on any atom is -0.382 e. The molecule has 1 heterocycles. The topological polar surface area (TPSA) is 120 Å². The second-order valence-electron chi connectivity index (χ2n) is 6.01. The monoisotopic (exact) mass is 343 g/mol. The number of amides is 2. The maximum Gasteiger partial charge on any atom is 0.247 e. The average molecular weight is 343 g/mol. The third-order valence-corrected chi connectivity index (χ3v) is 3.28. The molecule has 0 saturated carbocycles. The summed E-state index contributed by atoms with van der Waals surface area (Å²) in [4.78, 5) is 27.5. The molecule has 0 aliphatic carbocycles. The molecule has 1 aromatic heterocycles. The molecule has 2 rings (SSSR count). The highest BCUT2D eigenvalue weighted by atomic mass is 16.3. The number of rotatable bonds is 7. The zero-order chi connectivity index (χ0) is 18.4. The molecule has 0 saturated heterocycles. The zero-order valence-corrected chi connectivity index (χ0v) is 14.2. The minimum absolute atomic E-state index is 0.157. The Labute approximate surface area is 145 Å². The summed E-state index contributed by atoms with van der Waals surface area (Å²) in [5.41, 5.74) is 0.212. The molecule has 0 spiro atoms. The summed E-state index contributed by atoms with van der Waals surface area (Å²) in [5, 5.41) is 21.8. The molecule has 25 heavy (non-hydrogen) atoms. The van der Waals surface area contributed by atoms with E-state index in [1.54, 1.807) is 38.1 Å². The average Bonchev–Trinajstić information content (AvgIpc) is 3.02. The first-order valence-corrected chi connectivity index (χ1v) is 7.71. The Hall–Kier alpha value is -3.00. The lowest BCUT2D eigenvalue weighted by Gasteiger charge is -2.10. The molecule has 0 fully saturated rings. The van der Waals surface area contributed by atoms with E-state index >= 15 is 0 Å². The fourth-order valence-corrected chi connectivity index (χ4v) is 2.03. The lowest BCUT2D eigenvalue weighted by atomic mass is 10.1. The van der Waals surface area contributed by atoms with Crippen LogP contribution in [0.4, 0.5) is 5.69 Å². The number of nitrogens with one attached hydrogen (secondary N) is 3. The van der Waals surface area contributed by atoms with Crippen molar-refractivity contribution < 1.29 is 14.7 Å². The Balaban J connectivity index is 1.90. The summed E-state index contributed by atoms with van der Waals surface area (Å²) >= 11 is 0. The quantitative estimate of drug-likeness (QED) is 0.559. The lowest BCUT2D eigenvalue weighted by molar-refractivity contribution is -0.120. The smallest absolute Gasteiger partial charge is 0.247 e. The van der Waals surface area contributed by atoms with Gasteiger partial charge in [0.05, 0.1) is 13.0 Å². The Morgan fingerprint density at radius 1 is 1.40 bits per heavy atom. The number of nitrogens with zero attached hydrogens (tertiary/aromatic N) is 2. The lowest BCUT2D eigenvalue weighted by Crippen LogP contribution is -2.25. The molecule has 0 aliphatic heterocycles. The Morgan fingerprint density at radius 2 is 2.16 bits per heavy atom. The minimum atomic E-state index is -1.14. The van der Waals surface area contributed by atoms with Crippen molar-refractivity contribution in [3.8, 4) is 0 Å². The fraction of sp³-hybridized carbons (Fsp3) is 0.294. The van der Waals surface area contributed by atoms with Crippen molar-refractivity contribution in [3.05, 3.63) is 54.1 Å². The van der Waals surface area contributed by atoms with Gasteiger partial charge in [-0.2, -0.15) is 5.10 Å². The van der Waals surface area contributed by atoms with Gasteiger partial charge in [0, 0.05) is 5.69 Å². The first-order chi connectivity index (χ1) is 11.8. The van der Waals surface area contributed by atoms with E-state index in [0.717, 1.165) is 5.56 Å². The van der Waals surface area contributed by atoms with Gasteiger partial charge in [0.25, 0.3) is 0 Å². The van der Waals surface area contributed by atoms with Crippen molar-refractivity contribution in [2.45, 2.75) is 32.4 Å². The van der Waals surface area contributed by atoms with Crippen LogP contribution in [0.2, 0.25) is 0 Å². The maximum absolute atomic E-state index is 12.1. The van der Waals surface area contributed by atoms with Gasteiger partial charge in [0.1, 0.15) is 11.4 Å². The first kappa shape index (κ1) is 18.3. The van der Waals surface area contributed by atoms with Gasteiger partial charge in [0.15, 0.2) is 5.82 Å². The molecule has 0 aliphatic rings. The summed E-state index contributed by atoms with van der Waals surface area (Å²) in [6.07, 6.45) is 1.34. The zero-order valence-electron chi connectivity index (χ0n) is 14.2. The summed E-state index contributed by atoms with van der Waals surface area (Å²) in [5.74, 6) is 0.211. The van der Waals surface area contributed by atoms with Crippen LogP contribution in [-0.2, 0) is 28.2 Å². The van der Waals surface area contributed by atoms with Crippen molar-refractivity contribution in [1.82, 2.24) is 20.5 Å². The standard InChI is InChI=1S/C17H21N5O3/c1-4-14(23)19-12-7-5-6-11(8-12)9-15(24)18-10-13-20-16(22-21-13)17(2,3)25/h4-8,25H,1,9-10H2,2-3H3,(H,18,24)(H,19,23)(H,20,21,22). The third-order valence-electron chi connectivity index (χ3n) is 3.28. The van der Waals surface area contributed by atoms with Crippen LogP contribution in [0.5, 0.6) is 0 Å². The van der Waals surface area contributed by atoms with Crippen LogP contribution in [-0.4, -0.2) is 32.1 Å². The van der Waals surface area contributed by atoms with E-state index in [-0.39, 0.29) is 30.6 Å². The van der Waals surface area contributed by atoms with Crippen LogP contribution >= 0.6 is 0 Å². The predicted molar refractivity (Wildman–Crippen MR) is 92.4 cm³/mol. The number of carbonyl (C=O) groups excluding carboxylic acids is 2. The van der Waals surface area contributed by atoms with Crippen LogP contribution in [0.3, 0.4) is 0 Å². The highest BCUT2D eigenvalue weighted by molar-refractivity contribution is 5.98. The predicted octanol–water partition coefficient (Wildman–Crippen LogP) is 1.02. The second kappa shape index (κ2) is 7.71. The maximum atomic E-state index is 12.1. The summed E-state index contributed by atoms with van der Waals surface area (Å²) in [7, 11) is 0.